The Morgan fingerprint density at radius 2 is 2.20 bits per heavy atom. The third-order valence-corrected chi connectivity index (χ3v) is 5.79. The number of benzene rings is 1. The molecule has 3 heterocycles. The van der Waals surface area contributed by atoms with Crippen LogP contribution in [0, 0.1) is 0 Å². The van der Waals surface area contributed by atoms with Gasteiger partial charge in [0, 0.05) is 13.3 Å². The van der Waals surface area contributed by atoms with E-state index < -0.39 is 24.4 Å². The molecule has 0 amide bonds. The van der Waals surface area contributed by atoms with Gasteiger partial charge in [0.1, 0.15) is 24.8 Å². The Hall–Kier alpha value is -3.04. The Morgan fingerprint density at radius 1 is 1.33 bits per heavy atom. The molecule has 2 aliphatic rings. The van der Waals surface area contributed by atoms with Gasteiger partial charge >= 0.3 is 5.97 Å². The van der Waals surface area contributed by atoms with Crippen molar-refractivity contribution in [3.63, 3.8) is 0 Å². The lowest BCUT2D eigenvalue weighted by atomic mass is 10.1. The van der Waals surface area contributed by atoms with Crippen LogP contribution in [-0.2, 0) is 20.7 Å². The molecular formula is C21H23N5O4. The summed E-state index contributed by atoms with van der Waals surface area (Å²) in [4.78, 5) is 24.7. The standard InChI is InChI=1S/C21H23N5O4/c1-12(28)29-16-8-18(30-17(16)9-27)26-11-24-19-20(22-10-23-21(19)26)25-15-7-6-13-4-2-3-5-14(13)15/h2-5,10-11,15-18,27H,6-9H2,1H3,(H,22,23,25)/t15-,16-,17-,18+/m0/s1. The van der Waals surface area contributed by atoms with E-state index in [1.54, 1.807) is 10.9 Å². The molecule has 3 aromatic rings. The summed E-state index contributed by atoms with van der Waals surface area (Å²) < 4.78 is 13.0. The SMILES string of the molecule is CC(=O)O[C@H]1C[C@H](n2cnc3c(N[C@H]4CCc5ccccc54)ncnc32)O[C@H]1CO. The first-order chi connectivity index (χ1) is 14.6. The van der Waals surface area contributed by atoms with Crippen molar-refractivity contribution in [2.45, 2.75) is 50.7 Å². The molecule has 0 radical (unpaired) electrons. The van der Waals surface area contributed by atoms with Gasteiger partial charge in [0.25, 0.3) is 0 Å². The number of aromatic nitrogens is 4. The summed E-state index contributed by atoms with van der Waals surface area (Å²) in [6.45, 7) is 1.12. The van der Waals surface area contributed by atoms with Gasteiger partial charge in [-0.05, 0) is 24.0 Å². The lowest BCUT2D eigenvalue weighted by Gasteiger charge is -2.16. The number of nitrogens with zero attached hydrogens (tertiary/aromatic N) is 4. The molecule has 9 nitrogen and oxygen atoms in total. The Bertz CT molecular complexity index is 1080. The fourth-order valence-electron chi connectivity index (χ4n) is 4.41. The number of fused-ring (bicyclic) bond motifs is 2. The molecule has 30 heavy (non-hydrogen) atoms. The van der Waals surface area contributed by atoms with Crippen LogP contribution in [0.5, 0.6) is 0 Å². The van der Waals surface area contributed by atoms with E-state index in [2.05, 4.69) is 44.5 Å². The van der Waals surface area contributed by atoms with Crippen molar-refractivity contribution in [1.29, 1.82) is 0 Å². The lowest BCUT2D eigenvalue weighted by Crippen LogP contribution is -2.29. The molecule has 4 atom stereocenters. The summed E-state index contributed by atoms with van der Waals surface area (Å²) in [7, 11) is 0. The van der Waals surface area contributed by atoms with E-state index >= 15 is 0 Å². The first-order valence-corrected chi connectivity index (χ1v) is 10.1. The number of nitrogens with one attached hydrogen (secondary N) is 1. The number of imidazole rings is 1. The van der Waals surface area contributed by atoms with Crippen LogP contribution in [0.1, 0.15) is 43.2 Å². The van der Waals surface area contributed by atoms with Crippen molar-refractivity contribution in [2.24, 2.45) is 0 Å². The third kappa shape index (κ3) is 3.29. The van der Waals surface area contributed by atoms with Gasteiger partial charge < -0.3 is 19.9 Å². The quantitative estimate of drug-likeness (QED) is 0.617. The molecular weight excluding hydrogens is 386 g/mol. The van der Waals surface area contributed by atoms with E-state index in [0.29, 0.717) is 23.4 Å². The third-order valence-electron chi connectivity index (χ3n) is 5.79. The van der Waals surface area contributed by atoms with Crippen LogP contribution >= 0.6 is 0 Å². The van der Waals surface area contributed by atoms with Gasteiger partial charge in [0.15, 0.2) is 17.0 Å². The van der Waals surface area contributed by atoms with Crippen LogP contribution in [0.3, 0.4) is 0 Å². The Kier molecular flexibility index (Phi) is 4.84. The van der Waals surface area contributed by atoms with Gasteiger partial charge in [0.05, 0.1) is 19.0 Å². The Morgan fingerprint density at radius 3 is 3.03 bits per heavy atom. The minimum Gasteiger partial charge on any atom is -0.460 e. The van der Waals surface area contributed by atoms with E-state index in [1.165, 1.54) is 24.4 Å². The van der Waals surface area contributed by atoms with Crippen LogP contribution < -0.4 is 5.32 Å². The van der Waals surface area contributed by atoms with Gasteiger partial charge in [-0.3, -0.25) is 9.36 Å². The first kappa shape index (κ1) is 19.0. The number of aliphatic hydroxyl groups is 1. The molecule has 1 saturated heterocycles. The molecule has 2 N–H and O–H groups in total. The highest BCUT2D eigenvalue weighted by Crippen LogP contribution is 2.36. The molecule has 0 spiro atoms. The molecule has 0 saturated carbocycles. The van der Waals surface area contributed by atoms with Gasteiger partial charge in [0.2, 0.25) is 0 Å². The predicted octanol–water partition coefficient (Wildman–Crippen LogP) is 2.14. The topological polar surface area (TPSA) is 111 Å². The maximum Gasteiger partial charge on any atom is 0.302 e. The highest BCUT2D eigenvalue weighted by atomic mass is 16.6. The zero-order valence-electron chi connectivity index (χ0n) is 16.6. The Balaban J connectivity index is 1.41. The van der Waals surface area contributed by atoms with Crippen molar-refractivity contribution >= 4 is 23.0 Å². The van der Waals surface area contributed by atoms with Gasteiger partial charge in [-0.1, -0.05) is 24.3 Å². The summed E-state index contributed by atoms with van der Waals surface area (Å²) in [6, 6.07) is 8.61. The maximum atomic E-state index is 11.4. The number of aryl methyl sites for hydroxylation is 1. The molecule has 1 aliphatic carbocycles. The zero-order valence-corrected chi connectivity index (χ0v) is 16.6. The van der Waals surface area contributed by atoms with Crippen LogP contribution in [-0.4, -0.2) is 49.4 Å². The highest BCUT2D eigenvalue weighted by molar-refractivity contribution is 5.83. The van der Waals surface area contributed by atoms with Gasteiger partial charge in [-0.2, -0.15) is 0 Å². The van der Waals surface area contributed by atoms with Crippen molar-refractivity contribution in [3.05, 3.63) is 48.0 Å². The number of esters is 1. The summed E-state index contributed by atoms with van der Waals surface area (Å²) in [5.41, 5.74) is 3.93. The van der Waals surface area contributed by atoms with Crippen LogP contribution in [0.15, 0.2) is 36.9 Å². The molecule has 9 heteroatoms. The smallest absolute Gasteiger partial charge is 0.302 e. The van der Waals surface area contributed by atoms with E-state index in [0.717, 1.165) is 12.8 Å². The minimum atomic E-state index is -0.578. The number of carbonyl (C=O) groups is 1. The number of hydrogen-bond acceptors (Lipinski definition) is 8. The molecule has 0 bridgehead atoms. The molecule has 5 rings (SSSR count). The van der Waals surface area contributed by atoms with Gasteiger partial charge in [-0.25, -0.2) is 15.0 Å². The fourth-order valence-corrected chi connectivity index (χ4v) is 4.41. The van der Waals surface area contributed by atoms with E-state index in [-0.39, 0.29) is 12.6 Å². The summed E-state index contributed by atoms with van der Waals surface area (Å²) in [5.74, 6) is 0.275. The second-order valence-corrected chi connectivity index (χ2v) is 7.68. The largest absolute Gasteiger partial charge is 0.460 e. The number of carbonyl (C=O) groups excluding carboxylic acids is 1. The monoisotopic (exact) mass is 409 g/mol. The number of anilines is 1. The average Bonchev–Trinajstić information content (AvgIpc) is 3.45. The van der Waals surface area contributed by atoms with E-state index in [4.69, 9.17) is 9.47 Å². The average molecular weight is 409 g/mol. The van der Waals surface area contributed by atoms with E-state index in [1.807, 2.05) is 0 Å². The summed E-state index contributed by atoms with van der Waals surface area (Å²) >= 11 is 0. The molecule has 2 aromatic heterocycles. The summed E-state index contributed by atoms with van der Waals surface area (Å²) in [5, 5.41) is 13.1. The number of aliphatic hydroxyl groups excluding tert-OH is 1. The van der Waals surface area contributed by atoms with Crippen molar-refractivity contribution in [2.75, 3.05) is 11.9 Å². The first-order valence-electron chi connectivity index (χ1n) is 10.1. The number of hydrogen-bond donors (Lipinski definition) is 2. The molecule has 0 unspecified atom stereocenters. The number of ether oxygens (including phenoxy) is 2. The maximum absolute atomic E-state index is 11.4. The van der Waals surface area contributed by atoms with Gasteiger partial charge in [-0.15, -0.1) is 0 Å². The second-order valence-electron chi connectivity index (χ2n) is 7.68. The molecule has 1 aromatic carbocycles. The molecule has 156 valence electrons. The van der Waals surface area contributed by atoms with Crippen molar-refractivity contribution < 1.29 is 19.4 Å². The Labute approximate surface area is 173 Å². The predicted molar refractivity (Wildman–Crippen MR) is 108 cm³/mol. The lowest BCUT2D eigenvalue weighted by molar-refractivity contribution is -0.150. The highest BCUT2D eigenvalue weighted by Gasteiger charge is 2.39. The van der Waals surface area contributed by atoms with Crippen LogP contribution in [0.2, 0.25) is 0 Å². The fraction of sp³-hybridized carbons (Fsp3) is 0.429. The van der Waals surface area contributed by atoms with Crippen LogP contribution in [0.25, 0.3) is 11.2 Å². The zero-order chi connectivity index (χ0) is 20.7. The normalized spacial score (nSPS) is 25.4. The molecule has 1 aliphatic heterocycles. The minimum absolute atomic E-state index is 0.180. The number of rotatable bonds is 5. The van der Waals surface area contributed by atoms with Crippen LogP contribution in [0.4, 0.5) is 5.82 Å². The second kappa shape index (κ2) is 7.66. The molecule has 1 fully saturated rings. The van der Waals surface area contributed by atoms with Crippen molar-refractivity contribution in [1.82, 2.24) is 19.5 Å². The summed E-state index contributed by atoms with van der Waals surface area (Å²) in [6.07, 6.45) is 4.08. The van der Waals surface area contributed by atoms with E-state index in [9.17, 15) is 9.90 Å². The van der Waals surface area contributed by atoms with Crippen molar-refractivity contribution in [3.8, 4) is 0 Å².